The van der Waals surface area contributed by atoms with Crippen molar-refractivity contribution in [3.05, 3.63) is 36.8 Å². The first-order chi connectivity index (χ1) is 7.43. The molecule has 0 amide bonds. The van der Waals surface area contributed by atoms with E-state index in [2.05, 4.69) is 9.97 Å². The van der Waals surface area contributed by atoms with Crippen LogP contribution in [0.4, 0.5) is 0 Å². The Bertz CT molecular complexity index is 485. The van der Waals surface area contributed by atoms with E-state index < -0.39 is 0 Å². The molecule has 0 saturated carbocycles. The molecule has 0 unspecified atom stereocenters. The molecule has 2 aromatic rings. The highest BCUT2D eigenvalue weighted by Crippen LogP contribution is 2.35. The van der Waals surface area contributed by atoms with Gasteiger partial charge in [-0.15, -0.1) is 0 Å². The molecule has 0 saturated heterocycles. The van der Waals surface area contributed by atoms with Gasteiger partial charge in [0.2, 0.25) is 6.79 Å². The van der Waals surface area contributed by atoms with Crippen LogP contribution in [0.5, 0.6) is 11.5 Å². The Morgan fingerprint density at radius 2 is 2.00 bits per heavy atom. The van der Waals surface area contributed by atoms with Crippen LogP contribution in [0, 0.1) is 0 Å². The van der Waals surface area contributed by atoms with Gasteiger partial charge in [-0.1, -0.05) is 0 Å². The molecule has 1 aromatic heterocycles. The molecule has 0 bridgehead atoms. The summed E-state index contributed by atoms with van der Waals surface area (Å²) in [7, 11) is 0. The lowest BCUT2D eigenvalue weighted by atomic mass is 10.1. The van der Waals surface area contributed by atoms with Crippen molar-refractivity contribution in [2.45, 2.75) is 0 Å². The minimum absolute atomic E-state index is 0.291. The van der Waals surface area contributed by atoms with Crippen LogP contribution in [-0.2, 0) is 0 Å². The number of hydrogen-bond donors (Lipinski definition) is 0. The molecule has 0 atom stereocenters. The molecule has 0 fully saturated rings. The van der Waals surface area contributed by atoms with Crippen LogP contribution in [0.15, 0.2) is 36.8 Å². The highest BCUT2D eigenvalue weighted by molar-refractivity contribution is 5.63. The average molecular weight is 200 g/mol. The quantitative estimate of drug-likeness (QED) is 0.704. The predicted molar refractivity (Wildman–Crippen MR) is 53.6 cm³/mol. The van der Waals surface area contributed by atoms with E-state index in [-0.39, 0.29) is 0 Å². The first-order valence-corrected chi connectivity index (χ1v) is 4.59. The third-order valence-corrected chi connectivity index (χ3v) is 2.23. The lowest BCUT2D eigenvalue weighted by molar-refractivity contribution is 0.174. The zero-order valence-corrected chi connectivity index (χ0v) is 7.88. The molecule has 74 valence electrons. The number of benzene rings is 1. The van der Waals surface area contributed by atoms with Gasteiger partial charge in [-0.2, -0.15) is 0 Å². The second kappa shape index (κ2) is 3.24. The van der Waals surface area contributed by atoms with Gasteiger partial charge < -0.3 is 9.47 Å². The maximum atomic E-state index is 5.29. The van der Waals surface area contributed by atoms with Crippen molar-refractivity contribution in [3.63, 3.8) is 0 Å². The Morgan fingerprint density at radius 1 is 1.07 bits per heavy atom. The van der Waals surface area contributed by atoms with Crippen LogP contribution in [-0.4, -0.2) is 16.8 Å². The maximum absolute atomic E-state index is 5.29. The maximum Gasteiger partial charge on any atom is 0.231 e. The summed E-state index contributed by atoms with van der Waals surface area (Å²) in [6.07, 6.45) is 5.04. The summed E-state index contributed by atoms with van der Waals surface area (Å²) in [6.45, 7) is 0.291. The fourth-order valence-electron chi connectivity index (χ4n) is 1.50. The van der Waals surface area contributed by atoms with E-state index in [9.17, 15) is 0 Å². The third kappa shape index (κ3) is 1.40. The van der Waals surface area contributed by atoms with Gasteiger partial charge >= 0.3 is 0 Å². The van der Waals surface area contributed by atoms with Crippen LogP contribution in [0.3, 0.4) is 0 Å². The van der Waals surface area contributed by atoms with Crippen molar-refractivity contribution in [3.8, 4) is 22.8 Å². The normalized spacial score (nSPS) is 12.8. The van der Waals surface area contributed by atoms with Crippen molar-refractivity contribution in [1.29, 1.82) is 0 Å². The van der Waals surface area contributed by atoms with Crippen LogP contribution in [0.1, 0.15) is 0 Å². The van der Waals surface area contributed by atoms with E-state index in [1.165, 1.54) is 0 Å². The lowest BCUT2D eigenvalue weighted by Crippen LogP contribution is -1.92. The van der Waals surface area contributed by atoms with Crippen LogP contribution >= 0.6 is 0 Å². The second-order valence-corrected chi connectivity index (χ2v) is 3.16. The predicted octanol–water partition coefficient (Wildman–Crippen LogP) is 1.87. The fraction of sp³-hybridized carbons (Fsp3) is 0.0909. The van der Waals surface area contributed by atoms with Gasteiger partial charge in [0, 0.05) is 18.0 Å². The Labute approximate surface area is 86.5 Å². The number of nitrogens with zero attached hydrogens (tertiary/aromatic N) is 2. The zero-order valence-electron chi connectivity index (χ0n) is 7.88. The van der Waals surface area contributed by atoms with Gasteiger partial charge in [-0.25, -0.2) is 0 Å². The van der Waals surface area contributed by atoms with Gasteiger partial charge in [0.25, 0.3) is 0 Å². The average Bonchev–Trinajstić information content (AvgIpc) is 2.77. The smallest absolute Gasteiger partial charge is 0.231 e. The first-order valence-electron chi connectivity index (χ1n) is 4.59. The number of ether oxygens (including phenoxy) is 2. The molecule has 1 aliphatic heterocycles. The summed E-state index contributed by atoms with van der Waals surface area (Å²) in [5.74, 6) is 1.54. The highest BCUT2D eigenvalue weighted by atomic mass is 16.7. The number of hydrogen-bond acceptors (Lipinski definition) is 4. The SMILES string of the molecule is c1cnc(-c2ccc3c(c2)OCO3)cn1. The summed E-state index contributed by atoms with van der Waals surface area (Å²) < 4.78 is 10.5. The van der Waals surface area contributed by atoms with E-state index in [1.54, 1.807) is 18.6 Å². The van der Waals surface area contributed by atoms with E-state index in [4.69, 9.17) is 9.47 Å². The Morgan fingerprint density at radius 3 is 2.87 bits per heavy atom. The van der Waals surface area contributed by atoms with Crippen molar-refractivity contribution in [2.24, 2.45) is 0 Å². The van der Waals surface area contributed by atoms with Crippen molar-refractivity contribution in [2.75, 3.05) is 6.79 Å². The van der Waals surface area contributed by atoms with Crippen molar-refractivity contribution in [1.82, 2.24) is 9.97 Å². The number of fused-ring (bicyclic) bond motifs is 1. The molecule has 4 nitrogen and oxygen atoms in total. The topological polar surface area (TPSA) is 44.2 Å². The minimum atomic E-state index is 0.291. The van der Waals surface area contributed by atoms with Crippen LogP contribution in [0.25, 0.3) is 11.3 Å². The molecule has 2 heterocycles. The van der Waals surface area contributed by atoms with Gasteiger partial charge in [0.1, 0.15) is 0 Å². The van der Waals surface area contributed by atoms with Gasteiger partial charge in [-0.05, 0) is 18.2 Å². The molecule has 0 N–H and O–H groups in total. The monoisotopic (exact) mass is 200 g/mol. The fourth-order valence-corrected chi connectivity index (χ4v) is 1.50. The summed E-state index contributed by atoms with van der Waals surface area (Å²) >= 11 is 0. The van der Waals surface area contributed by atoms with Crippen LogP contribution in [0.2, 0.25) is 0 Å². The molecular formula is C11H8N2O2. The van der Waals surface area contributed by atoms with Crippen molar-refractivity contribution >= 4 is 0 Å². The summed E-state index contributed by atoms with van der Waals surface area (Å²) in [5, 5.41) is 0. The van der Waals surface area contributed by atoms with E-state index in [0.29, 0.717) is 6.79 Å². The molecular weight excluding hydrogens is 192 g/mol. The molecule has 1 aliphatic rings. The standard InChI is InChI=1S/C11H8N2O2/c1-2-10-11(15-7-14-10)5-8(1)9-6-12-3-4-13-9/h1-6H,7H2. The van der Waals surface area contributed by atoms with Gasteiger partial charge in [-0.3, -0.25) is 9.97 Å². The molecule has 0 spiro atoms. The molecule has 0 radical (unpaired) electrons. The second-order valence-electron chi connectivity index (χ2n) is 3.16. The van der Waals surface area contributed by atoms with Crippen LogP contribution < -0.4 is 9.47 Å². The largest absolute Gasteiger partial charge is 0.454 e. The lowest BCUT2D eigenvalue weighted by Gasteiger charge is -2.01. The number of aromatic nitrogens is 2. The molecule has 3 rings (SSSR count). The Kier molecular flexibility index (Phi) is 1.78. The van der Waals surface area contributed by atoms with Crippen molar-refractivity contribution < 1.29 is 9.47 Å². The molecule has 15 heavy (non-hydrogen) atoms. The first kappa shape index (κ1) is 8.23. The minimum Gasteiger partial charge on any atom is -0.454 e. The van der Waals surface area contributed by atoms with E-state index in [1.807, 2.05) is 18.2 Å². The molecule has 4 heteroatoms. The molecule has 0 aliphatic carbocycles. The zero-order chi connectivity index (χ0) is 10.1. The summed E-state index contributed by atoms with van der Waals surface area (Å²) in [6, 6.07) is 5.73. The van der Waals surface area contributed by atoms with E-state index in [0.717, 1.165) is 22.8 Å². The summed E-state index contributed by atoms with van der Waals surface area (Å²) in [5.41, 5.74) is 1.81. The Hall–Kier alpha value is -2.10. The van der Waals surface area contributed by atoms with Gasteiger partial charge in [0.15, 0.2) is 11.5 Å². The van der Waals surface area contributed by atoms with Gasteiger partial charge in [0.05, 0.1) is 11.9 Å². The summed E-state index contributed by atoms with van der Waals surface area (Å²) in [4.78, 5) is 8.24. The highest BCUT2D eigenvalue weighted by Gasteiger charge is 2.13. The number of rotatable bonds is 1. The van der Waals surface area contributed by atoms with E-state index >= 15 is 0 Å². The Balaban J connectivity index is 2.07. The third-order valence-electron chi connectivity index (χ3n) is 2.23. The molecule has 1 aromatic carbocycles.